The van der Waals surface area contributed by atoms with Crippen LogP contribution in [0.15, 0.2) is 66.9 Å². The quantitative estimate of drug-likeness (QED) is 0.410. The van der Waals surface area contributed by atoms with Gasteiger partial charge in [-0.25, -0.2) is 0 Å². The average Bonchev–Trinajstić information content (AvgIpc) is 3.10. The second kappa shape index (κ2) is 6.98. The molecule has 5 heteroatoms. The Kier molecular flexibility index (Phi) is 4.27. The molecule has 0 saturated carbocycles. The van der Waals surface area contributed by atoms with Crippen LogP contribution >= 0.6 is 11.6 Å². The minimum atomic E-state index is -0.0191. The van der Waals surface area contributed by atoms with Gasteiger partial charge in [-0.05, 0) is 60.0 Å². The van der Waals surface area contributed by atoms with Crippen molar-refractivity contribution in [2.75, 3.05) is 4.90 Å². The van der Waals surface area contributed by atoms with Crippen molar-refractivity contribution >= 4 is 39.8 Å². The second-order valence-corrected chi connectivity index (χ2v) is 7.83. The number of nitrogens with zero attached hydrogens (tertiary/aromatic N) is 3. The van der Waals surface area contributed by atoms with Crippen molar-refractivity contribution in [2.24, 2.45) is 0 Å². The van der Waals surface area contributed by atoms with Gasteiger partial charge in [0.25, 0.3) is 0 Å². The molecule has 1 aromatic heterocycles. The second-order valence-electron chi connectivity index (χ2n) is 7.39. The van der Waals surface area contributed by atoms with Gasteiger partial charge >= 0.3 is 0 Å². The lowest BCUT2D eigenvalue weighted by molar-refractivity contribution is -0.116. The third-order valence-electron chi connectivity index (χ3n) is 5.49. The lowest BCUT2D eigenvalue weighted by Crippen LogP contribution is -2.22. The van der Waals surface area contributed by atoms with Crippen LogP contribution in [0.1, 0.15) is 16.7 Å². The number of amides is 1. The largest absolute Gasteiger partial charge is 0.279 e. The summed E-state index contributed by atoms with van der Waals surface area (Å²) in [6.07, 6.45) is 2.07. The Morgan fingerprint density at radius 3 is 2.57 bits per heavy atom. The maximum absolute atomic E-state index is 13.0. The Balaban J connectivity index is 1.74. The minimum Gasteiger partial charge on any atom is -0.279 e. The Morgan fingerprint density at radius 1 is 1.03 bits per heavy atom. The third-order valence-corrected chi connectivity index (χ3v) is 5.74. The highest BCUT2D eigenvalue weighted by Gasteiger charge is 2.32. The van der Waals surface area contributed by atoms with Crippen LogP contribution in [0, 0.1) is 18.3 Å². The summed E-state index contributed by atoms with van der Waals surface area (Å²) in [5.74, 6) is -0.0191. The standard InChI is InChI=1S/C25H16ClN3O/c1-15-2-3-16(13-27)10-23(15)29-24(30)12-19-14-28-22-9-6-18(11-21(22)25(19)29)17-4-7-20(26)8-5-17/h2-11,14H,12H2,1H3. The Labute approximate surface area is 179 Å². The maximum Gasteiger partial charge on any atom is 0.236 e. The summed E-state index contributed by atoms with van der Waals surface area (Å²) in [4.78, 5) is 19.3. The molecule has 4 aromatic rings. The van der Waals surface area contributed by atoms with Gasteiger partial charge in [0.2, 0.25) is 5.91 Å². The molecule has 1 amide bonds. The number of carbonyl (C=O) groups excluding carboxylic acids is 1. The number of pyridine rings is 1. The van der Waals surface area contributed by atoms with Crippen LogP contribution in [0.2, 0.25) is 5.02 Å². The van der Waals surface area contributed by atoms with Gasteiger partial charge in [-0.3, -0.25) is 14.7 Å². The van der Waals surface area contributed by atoms with Crippen molar-refractivity contribution in [3.05, 3.63) is 88.6 Å². The van der Waals surface area contributed by atoms with E-state index in [2.05, 4.69) is 17.1 Å². The van der Waals surface area contributed by atoms with Crippen LogP contribution in [0.4, 0.5) is 11.4 Å². The number of fused-ring (bicyclic) bond motifs is 3. The molecule has 0 fully saturated rings. The van der Waals surface area contributed by atoms with Crippen molar-refractivity contribution in [2.45, 2.75) is 13.3 Å². The molecule has 0 aliphatic carbocycles. The van der Waals surface area contributed by atoms with Gasteiger partial charge in [-0.2, -0.15) is 5.26 Å². The molecule has 0 N–H and O–H groups in total. The number of benzene rings is 3. The fourth-order valence-electron chi connectivity index (χ4n) is 3.98. The van der Waals surface area contributed by atoms with Crippen LogP contribution in [0.3, 0.4) is 0 Å². The van der Waals surface area contributed by atoms with Crippen molar-refractivity contribution in [1.82, 2.24) is 4.98 Å². The molecular weight excluding hydrogens is 394 g/mol. The van der Waals surface area contributed by atoms with E-state index >= 15 is 0 Å². The van der Waals surface area contributed by atoms with Gasteiger partial charge in [-0.15, -0.1) is 0 Å². The van der Waals surface area contributed by atoms with Gasteiger partial charge < -0.3 is 0 Å². The Bertz CT molecular complexity index is 1370. The lowest BCUT2D eigenvalue weighted by Gasteiger charge is -2.22. The topological polar surface area (TPSA) is 57.0 Å². The molecular formula is C25H16ClN3O. The molecule has 5 rings (SSSR count). The number of aromatic nitrogens is 1. The zero-order valence-corrected chi connectivity index (χ0v) is 16.9. The first-order valence-electron chi connectivity index (χ1n) is 9.56. The summed E-state index contributed by atoms with van der Waals surface area (Å²) in [7, 11) is 0. The first-order valence-corrected chi connectivity index (χ1v) is 9.94. The molecule has 0 spiro atoms. The zero-order valence-electron chi connectivity index (χ0n) is 16.2. The van der Waals surface area contributed by atoms with Crippen LogP contribution in [-0.4, -0.2) is 10.9 Å². The third kappa shape index (κ3) is 2.92. The number of anilines is 2. The number of rotatable bonds is 2. The first-order chi connectivity index (χ1) is 14.5. The van der Waals surface area contributed by atoms with Crippen molar-refractivity contribution in [3.63, 3.8) is 0 Å². The summed E-state index contributed by atoms with van der Waals surface area (Å²) in [6, 6.07) is 21.3. The lowest BCUT2D eigenvalue weighted by atomic mass is 10.0. The first kappa shape index (κ1) is 18.4. The highest BCUT2D eigenvalue weighted by Crippen LogP contribution is 2.42. The number of aryl methyl sites for hydroxylation is 1. The molecule has 2 heterocycles. The van der Waals surface area contributed by atoms with Gasteiger partial charge in [-0.1, -0.05) is 35.9 Å². The van der Waals surface area contributed by atoms with Crippen LogP contribution in [0.5, 0.6) is 0 Å². The molecule has 4 nitrogen and oxygen atoms in total. The van der Waals surface area contributed by atoms with E-state index in [0.717, 1.165) is 44.5 Å². The summed E-state index contributed by atoms with van der Waals surface area (Å²) in [6.45, 7) is 1.95. The van der Waals surface area contributed by atoms with E-state index in [0.29, 0.717) is 17.0 Å². The van der Waals surface area contributed by atoms with Crippen molar-refractivity contribution in [1.29, 1.82) is 5.26 Å². The molecule has 0 atom stereocenters. The molecule has 0 bridgehead atoms. The normalized spacial score (nSPS) is 12.8. The average molecular weight is 410 g/mol. The molecule has 0 radical (unpaired) electrons. The van der Waals surface area contributed by atoms with Gasteiger partial charge in [0.1, 0.15) is 0 Å². The summed E-state index contributed by atoms with van der Waals surface area (Å²) in [5, 5.41) is 10.9. The van der Waals surface area contributed by atoms with E-state index in [1.54, 1.807) is 23.2 Å². The zero-order chi connectivity index (χ0) is 20.8. The monoisotopic (exact) mass is 409 g/mol. The molecule has 144 valence electrons. The highest BCUT2D eigenvalue weighted by molar-refractivity contribution is 6.30. The van der Waals surface area contributed by atoms with E-state index in [4.69, 9.17) is 11.6 Å². The van der Waals surface area contributed by atoms with E-state index < -0.39 is 0 Å². The van der Waals surface area contributed by atoms with Gasteiger partial charge in [0.15, 0.2) is 0 Å². The molecule has 3 aromatic carbocycles. The molecule has 1 aliphatic rings. The van der Waals surface area contributed by atoms with Crippen LogP contribution in [-0.2, 0) is 11.2 Å². The molecule has 30 heavy (non-hydrogen) atoms. The van der Waals surface area contributed by atoms with E-state index in [9.17, 15) is 10.1 Å². The predicted octanol–water partition coefficient (Wildman–Crippen LogP) is 5.96. The number of hydrogen-bond donors (Lipinski definition) is 0. The SMILES string of the molecule is Cc1ccc(C#N)cc1N1C(=O)Cc2cnc3ccc(-c4ccc(Cl)cc4)cc3c21. The number of halogens is 1. The predicted molar refractivity (Wildman–Crippen MR) is 119 cm³/mol. The van der Waals surface area contributed by atoms with Gasteiger partial charge in [0.05, 0.1) is 34.9 Å². The maximum atomic E-state index is 13.0. The van der Waals surface area contributed by atoms with Crippen LogP contribution in [0.25, 0.3) is 22.0 Å². The fraction of sp³-hybridized carbons (Fsp3) is 0.0800. The smallest absolute Gasteiger partial charge is 0.236 e. The molecule has 0 unspecified atom stereocenters. The van der Waals surface area contributed by atoms with Crippen molar-refractivity contribution < 1.29 is 4.79 Å². The van der Waals surface area contributed by atoms with Crippen LogP contribution < -0.4 is 4.90 Å². The van der Waals surface area contributed by atoms with E-state index in [1.807, 2.05) is 49.4 Å². The fourth-order valence-corrected chi connectivity index (χ4v) is 4.10. The number of nitriles is 1. The summed E-state index contributed by atoms with van der Waals surface area (Å²) >= 11 is 6.04. The molecule has 0 saturated heterocycles. The summed E-state index contributed by atoms with van der Waals surface area (Å²) < 4.78 is 0. The van der Waals surface area contributed by atoms with E-state index in [-0.39, 0.29) is 5.91 Å². The highest BCUT2D eigenvalue weighted by atomic mass is 35.5. The Morgan fingerprint density at radius 2 is 1.80 bits per heavy atom. The minimum absolute atomic E-state index is 0.0191. The number of hydrogen-bond acceptors (Lipinski definition) is 3. The van der Waals surface area contributed by atoms with E-state index in [1.165, 1.54) is 0 Å². The van der Waals surface area contributed by atoms with Crippen molar-refractivity contribution in [3.8, 4) is 17.2 Å². The summed E-state index contributed by atoms with van der Waals surface area (Å²) in [5.41, 5.74) is 6.82. The van der Waals surface area contributed by atoms with Gasteiger partial charge in [0, 0.05) is 22.2 Å². The molecule has 1 aliphatic heterocycles. The number of carbonyl (C=O) groups is 1. The Hall–Kier alpha value is -3.68.